The van der Waals surface area contributed by atoms with Gasteiger partial charge in [-0.25, -0.2) is 0 Å². The van der Waals surface area contributed by atoms with Gasteiger partial charge in [0.15, 0.2) is 5.78 Å². The molecule has 108 valence electrons. The van der Waals surface area contributed by atoms with Gasteiger partial charge in [-0.3, -0.25) is 4.79 Å². The van der Waals surface area contributed by atoms with Crippen LogP contribution in [0.1, 0.15) is 22.8 Å². The minimum absolute atomic E-state index is 0.0281. The standard InChI is InChI=1S/C18H18O3/c1-14(19)17-11-10-16(20-2)13-18(17)21-12-6-9-15-7-4-3-5-8-15/h3-11,13H,12H2,1-2H3/b9-6+. The number of ether oxygens (including phenoxy) is 2. The number of rotatable bonds is 6. The van der Waals surface area contributed by atoms with Crippen LogP contribution in [-0.4, -0.2) is 19.5 Å². The zero-order valence-electron chi connectivity index (χ0n) is 12.2. The number of methoxy groups -OCH3 is 1. The van der Waals surface area contributed by atoms with Gasteiger partial charge >= 0.3 is 0 Å². The molecule has 2 rings (SSSR count). The molecule has 0 radical (unpaired) electrons. The second kappa shape index (κ2) is 7.29. The molecule has 2 aromatic carbocycles. The van der Waals surface area contributed by atoms with Crippen molar-refractivity contribution in [2.45, 2.75) is 6.92 Å². The zero-order chi connectivity index (χ0) is 15.1. The Kier molecular flexibility index (Phi) is 5.16. The van der Waals surface area contributed by atoms with Crippen LogP contribution in [0.3, 0.4) is 0 Å². The lowest BCUT2D eigenvalue weighted by Gasteiger charge is -2.09. The molecule has 0 saturated heterocycles. The minimum atomic E-state index is -0.0281. The van der Waals surface area contributed by atoms with Crippen LogP contribution in [0.25, 0.3) is 6.08 Å². The van der Waals surface area contributed by atoms with Crippen molar-refractivity contribution >= 4 is 11.9 Å². The number of hydrogen-bond donors (Lipinski definition) is 0. The maximum atomic E-state index is 11.6. The molecule has 0 heterocycles. The molecule has 0 amide bonds. The first kappa shape index (κ1) is 14.9. The number of carbonyl (C=O) groups excluding carboxylic acids is 1. The number of hydrogen-bond acceptors (Lipinski definition) is 3. The molecule has 0 aliphatic rings. The fourth-order valence-corrected chi connectivity index (χ4v) is 1.93. The van der Waals surface area contributed by atoms with E-state index in [0.29, 0.717) is 23.7 Å². The highest BCUT2D eigenvalue weighted by Crippen LogP contribution is 2.25. The van der Waals surface area contributed by atoms with Crippen molar-refractivity contribution in [2.75, 3.05) is 13.7 Å². The summed E-state index contributed by atoms with van der Waals surface area (Å²) < 4.78 is 10.8. The lowest BCUT2D eigenvalue weighted by atomic mass is 10.1. The molecule has 0 saturated carbocycles. The second-order valence-electron chi connectivity index (χ2n) is 4.54. The van der Waals surface area contributed by atoms with Gasteiger partial charge in [0.2, 0.25) is 0 Å². The highest BCUT2D eigenvalue weighted by molar-refractivity contribution is 5.97. The molecule has 0 bridgehead atoms. The van der Waals surface area contributed by atoms with Gasteiger partial charge in [0.1, 0.15) is 18.1 Å². The van der Waals surface area contributed by atoms with E-state index < -0.39 is 0 Å². The molecular weight excluding hydrogens is 264 g/mol. The molecule has 3 nitrogen and oxygen atoms in total. The van der Waals surface area contributed by atoms with Gasteiger partial charge < -0.3 is 9.47 Å². The van der Waals surface area contributed by atoms with Gasteiger partial charge in [-0.15, -0.1) is 0 Å². The molecule has 0 aromatic heterocycles. The van der Waals surface area contributed by atoms with Gasteiger partial charge in [-0.05, 0) is 30.7 Å². The number of Topliss-reactive ketones (excluding diaryl/α,β-unsaturated/α-hetero) is 1. The molecule has 0 aliphatic carbocycles. The molecule has 0 atom stereocenters. The SMILES string of the molecule is COc1ccc(C(C)=O)c(OC/C=C/c2ccccc2)c1. The summed E-state index contributed by atoms with van der Waals surface area (Å²) in [5.74, 6) is 1.18. The van der Waals surface area contributed by atoms with Gasteiger partial charge in [-0.1, -0.05) is 36.4 Å². The smallest absolute Gasteiger partial charge is 0.163 e. The Bertz CT molecular complexity index is 630. The monoisotopic (exact) mass is 282 g/mol. The number of carbonyl (C=O) groups is 1. The molecular formula is C18H18O3. The normalized spacial score (nSPS) is 10.6. The van der Waals surface area contributed by atoms with Crippen LogP contribution in [0.4, 0.5) is 0 Å². The van der Waals surface area contributed by atoms with Crippen molar-refractivity contribution < 1.29 is 14.3 Å². The van der Waals surface area contributed by atoms with Crippen LogP contribution in [0.2, 0.25) is 0 Å². The molecule has 3 heteroatoms. The first-order valence-electron chi connectivity index (χ1n) is 6.74. The third-order valence-electron chi connectivity index (χ3n) is 3.01. The van der Waals surface area contributed by atoms with Gasteiger partial charge in [0.25, 0.3) is 0 Å². The average Bonchev–Trinajstić information content (AvgIpc) is 2.52. The Morgan fingerprint density at radius 2 is 1.90 bits per heavy atom. The Morgan fingerprint density at radius 3 is 2.57 bits per heavy atom. The number of benzene rings is 2. The van der Waals surface area contributed by atoms with Gasteiger partial charge in [0.05, 0.1) is 12.7 Å². The summed E-state index contributed by atoms with van der Waals surface area (Å²) in [5.41, 5.74) is 1.67. The molecule has 0 fully saturated rings. The van der Waals surface area contributed by atoms with E-state index in [-0.39, 0.29) is 5.78 Å². The lowest BCUT2D eigenvalue weighted by Crippen LogP contribution is -2.01. The molecule has 0 aliphatic heterocycles. The Labute approximate surface area is 124 Å². The van der Waals surface area contributed by atoms with Crippen molar-refractivity contribution in [1.29, 1.82) is 0 Å². The van der Waals surface area contributed by atoms with Crippen molar-refractivity contribution in [1.82, 2.24) is 0 Å². The van der Waals surface area contributed by atoms with Crippen molar-refractivity contribution in [2.24, 2.45) is 0 Å². The maximum absolute atomic E-state index is 11.6. The topological polar surface area (TPSA) is 35.5 Å². The third kappa shape index (κ3) is 4.21. The molecule has 0 spiro atoms. The van der Waals surface area contributed by atoms with Crippen LogP contribution < -0.4 is 9.47 Å². The van der Waals surface area contributed by atoms with Crippen LogP contribution in [0.15, 0.2) is 54.6 Å². The highest BCUT2D eigenvalue weighted by atomic mass is 16.5. The van der Waals surface area contributed by atoms with E-state index in [1.807, 2.05) is 42.5 Å². The molecule has 2 aromatic rings. The molecule has 21 heavy (non-hydrogen) atoms. The molecule has 0 unspecified atom stereocenters. The Morgan fingerprint density at radius 1 is 1.14 bits per heavy atom. The summed E-state index contributed by atoms with van der Waals surface area (Å²) in [6, 6.07) is 15.2. The van der Waals surface area contributed by atoms with Crippen LogP contribution in [-0.2, 0) is 0 Å². The highest BCUT2D eigenvalue weighted by Gasteiger charge is 2.09. The summed E-state index contributed by atoms with van der Waals surface area (Å²) in [4.78, 5) is 11.6. The summed E-state index contributed by atoms with van der Waals surface area (Å²) in [6.45, 7) is 1.91. The van der Waals surface area contributed by atoms with Crippen molar-refractivity contribution in [3.8, 4) is 11.5 Å². The third-order valence-corrected chi connectivity index (χ3v) is 3.01. The lowest BCUT2D eigenvalue weighted by molar-refractivity contribution is 0.101. The van der Waals surface area contributed by atoms with Crippen molar-refractivity contribution in [3.63, 3.8) is 0 Å². The van der Waals surface area contributed by atoms with Crippen LogP contribution in [0.5, 0.6) is 11.5 Å². The van der Waals surface area contributed by atoms with Crippen LogP contribution >= 0.6 is 0 Å². The van der Waals surface area contributed by atoms with Crippen molar-refractivity contribution in [3.05, 3.63) is 65.7 Å². The summed E-state index contributed by atoms with van der Waals surface area (Å²) in [7, 11) is 1.59. The summed E-state index contributed by atoms with van der Waals surface area (Å²) in [5, 5.41) is 0. The van der Waals surface area contributed by atoms with E-state index in [9.17, 15) is 4.79 Å². The summed E-state index contributed by atoms with van der Waals surface area (Å²) in [6.07, 6.45) is 3.90. The fraction of sp³-hybridized carbons (Fsp3) is 0.167. The zero-order valence-corrected chi connectivity index (χ0v) is 12.2. The minimum Gasteiger partial charge on any atom is -0.497 e. The van der Waals surface area contributed by atoms with E-state index in [2.05, 4.69) is 0 Å². The second-order valence-corrected chi connectivity index (χ2v) is 4.54. The average molecular weight is 282 g/mol. The predicted octanol–water partition coefficient (Wildman–Crippen LogP) is 3.99. The van der Waals surface area contributed by atoms with E-state index in [4.69, 9.17) is 9.47 Å². The largest absolute Gasteiger partial charge is 0.497 e. The maximum Gasteiger partial charge on any atom is 0.163 e. The summed E-state index contributed by atoms with van der Waals surface area (Å²) >= 11 is 0. The first-order chi connectivity index (χ1) is 10.2. The predicted molar refractivity (Wildman–Crippen MR) is 84.0 cm³/mol. The van der Waals surface area contributed by atoms with E-state index in [1.165, 1.54) is 6.92 Å². The fourth-order valence-electron chi connectivity index (χ4n) is 1.93. The van der Waals surface area contributed by atoms with E-state index >= 15 is 0 Å². The first-order valence-corrected chi connectivity index (χ1v) is 6.74. The van der Waals surface area contributed by atoms with Gasteiger partial charge in [-0.2, -0.15) is 0 Å². The number of ketones is 1. The quantitative estimate of drug-likeness (QED) is 0.751. The van der Waals surface area contributed by atoms with E-state index in [0.717, 1.165) is 5.56 Å². The van der Waals surface area contributed by atoms with Crippen LogP contribution in [0, 0.1) is 0 Å². The Balaban J connectivity index is 2.05. The van der Waals surface area contributed by atoms with Gasteiger partial charge in [0, 0.05) is 6.07 Å². The van der Waals surface area contributed by atoms with E-state index in [1.54, 1.807) is 25.3 Å². The molecule has 0 N–H and O–H groups in total. The Hall–Kier alpha value is -2.55.